The third-order valence-electron chi connectivity index (χ3n) is 3.69. The van der Waals surface area contributed by atoms with Crippen molar-refractivity contribution in [2.45, 2.75) is 12.8 Å². The molecule has 1 N–H and O–H groups in total. The second-order valence-corrected chi connectivity index (χ2v) is 6.74. The van der Waals surface area contributed by atoms with E-state index in [9.17, 15) is 4.79 Å². The number of carbonyl (C=O) groups is 1. The normalized spacial score (nSPS) is 10.5. The van der Waals surface area contributed by atoms with Gasteiger partial charge in [0.05, 0.1) is 12.8 Å². The zero-order valence-electron chi connectivity index (χ0n) is 13.7. The molecular formula is C19H17ClN2O2S. The van der Waals surface area contributed by atoms with E-state index in [0.717, 1.165) is 22.6 Å². The number of carbonyl (C=O) groups excluding carboxylic acids is 1. The van der Waals surface area contributed by atoms with E-state index >= 15 is 0 Å². The second-order valence-electron chi connectivity index (χ2n) is 5.44. The number of rotatable bonds is 6. The minimum Gasteiger partial charge on any atom is -0.497 e. The number of aryl methyl sites for hydroxylation is 1. The number of amides is 1. The Kier molecular flexibility index (Phi) is 5.68. The molecule has 3 aromatic rings. The van der Waals surface area contributed by atoms with Gasteiger partial charge in [-0.25, -0.2) is 4.98 Å². The molecule has 0 aliphatic carbocycles. The standard InChI is InChI=1S/C19H17ClN2O2S/c1-24-16-9-2-13(3-10-16)4-11-18(23)22-19-21-17(12-25-19)14-5-7-15(20)8-6-14/h2-3,5-10,12H,4,11H2,1H3,(H,21,22,23). The number of thiazole rings is 1. The number of hydrogen-bond donors (Lipinski definition) is 1. The van der Waals surface area contributed by atoms with Crippen molar-refractivity contribution in [2.75, 3.05) is 12.4 Å². The Morgan fingerprint density at radius 3 is 2.56 bits per heavy atom. The Labute approximate surface area is 155 Å². The fraction of sp³-hybridized carbons (Fsp3) is 0.158. The van der Waals surface area contributed by atoms with E-state index in [0.29, 0.717) is 23.0 Å². The lowest BCUT2D eigenvalue weighted by molar-refractivity contribution is -0.116. The number of hydrogen-bond acceptors (Lipinski definition) is 4. The fourth-order valence-corrected chi connectivity index (χ4v) is 3.18. The number of halogens is 1. The van der Waals surface area contributed by atoms with Gasteiger partial charge in [-0.05, 0) is 36.2 Å². The van der Waals surface area contributed by atoms with Crippen molar-refractivity contribution in [3.63, 3.8) is 0 Å². The summed E-state index contributed by atoms with van der Waals surface area (Å²) < 4.78 is 5.13. The van der Waals surface area contributed by atoms with E-state index in [-0.39, 0.29) is 5.91 Å². The van der Waals surface area contributed by atoms with Crippen LogP contribution in [0.1, 0.15) is 12.0 Å². The Morgan fingerprint density at radius 2 is 1.88 bits per heavy atom. The predicted octanol–water partition coefficient (Wildman–Crippen LogP) is 5.04. The third kappa shape index (κ3) is 4.81. The maximum Gasteiger partial charge on any atom is 0.226 e. The second kappa shape index (κ2) is 8.14. The van der Waals surface area contributed by atoms with E-state index in [2.05, 4.69) is 10.3 Å². The van der Waals surface area contributed by atoms with Crippen LogP contribution in [0.25, 0.3) is 11.3 Å². The summed E-state index contributed by atoms with van der Waals surface area (Å²) in [4.78, 5) is 16.6. The Morgan fingerprint density at radius 1 is 1.16 bits per heavy atom. The molecule has 0 atom stereocenters. The van der Waals surface area contributed by atoms with Crippen molar-refractivity contribution < 1.29 is 9.53 Å². The van der Waals surface area contributed by atoms with Crippen molar-refractivity contribution in [1.82, 2.24) is 4.98 Å². The molecule has 0 aliphatic rings. The highest BCUT2D eigenvalue weighted by Gasteiger charge is 2.08. The summed E-state index contributed by atoms with van der Waals surface area (Å²) >= 11 is 7.30. The van der Waals surface area contributed by atoms with Gasteiger partial charge in [-0.3, -0.25) is 4.79 Å². The molecule has 25 heavy (non-hydrogen) atoms. The molecule has 128 valence electrons. The van der Waals surface area contributed by atoms with Crippen LogP contribution in [-0.2, 0) is 11.2 Å². The molecular weight excluding hydrogens is 356 g/mol. The van der Waals surface area contributed by atoms with E-state index in [1.165, 1.54) is 11.3 Å². The van der Waals surface area contributed by atoms with Crippen molar-refractivity contribution in [3.8, 4) is 17.0 Å². The van der Waals surface area contributed by atoms with Gasteiger partial charge < -0.3 is 10.1 Å². The molecule has 0 bridgehead atoms. The number of anilines is 1. The van der Waals surface area contributed by atoms with Crippen LogP contribution in [-0.4, -0.2) is 18.0 Å². The highest BCUT2D eigenvalue weighted by Crippen LogP contribution is 2.26. The first-order chi connectivity index (χ1) is 12.1. The van der Waals surface area contributed by atoms with Crippen LogP contribution in [0.3, 0.4) is 0 Å². The quantitative estimate of drug-likeness (QED) is 0.659. The molecule has 0 saturated carbocycles. The van der Waals surface area contributed by atoms with Crippen LogP contribution >= 0.6 is 22.9 Å². The lowest BCUT2D eigenvalue weighted by Crippen LogP contribution is -2.12. The van der Waals surface area contributed by atoms with E-state index in [4.69, 9.17) is 16.3 Å². The number of nitrogens with one attached hydrogen (secondary N) is 1. The molecule has 2 aromatic carbocycles. The monoisotopic (exact) mass is 372 g/mol. The zero-order valence-corrected chi connectivity index (χ0v) is 15.2. The minimum atomic E-state index is -0.0483. The van der Waals surface area contributed by atoms with Gasteiger partial charge in [0.2, 0.25) is 5.91 Å². The van der Waals surface area contributed by atoms with Gasteiger partial charge in [0.15, 0.2) is 5.13 Å². The first-order valence-corrected chi connectivity index (χ1v) is 9.04. The molecule has 1 aromatic heterocycles. The van der Waals surface area contributed by atoms with Crippen LogP contribution in [0, 0.1) is 0 Å². The SMILES string of the molecule is COc1ccc(CCC(=O)Nc2nc(-c3ccc(Cl)cc3)cs2)cc1. The van der Waals surface area contributed by atoms with Gasteiger partial charge in [0, 0.05) is 22.4 Å². The summed E-state index contributed by atoms with van der Waals surface area (Å²) in [6.45, 7) is 0. The Bertz CT molecular complexity index is 845. The fourth-order valence-electron chi connectivity index (χ4n) is 2.32. The van der Waals surface area contributed by atoms with Crippen molar-refractivity contribution >= 4 is 34.0 Å². The van der Waals surface area contributed by atoms with Gasteiger partial charge in [0.25, 0.3) is 0 Å². The van der Waals surface area contributed by atoms with Crippen LogP contribution in [0.4, 0.5) is 5.13 Å². The van der Waals surface area contributed by atoms with Crippen LogP contribution in [0.15, 0.2) is 53.9 Å². The molecule has 4 nitrogen and oxygen atoms in total. The minimum absolute atomic E-state index is 0.0483. The van der Waals surface area contributed by atoms with Gasteiger partial charge in [0.1, 0.15) is 5.75 Å². The molecule has 0 fully saturated rings. The molecule has 1 heterocycles. The van der Waals surface area contributed by atoms with Crippen LogP contribution in [0.5, 0.6) is 5.75 Å². The lowest BCUT2D eigenvalue weighted by Gasteiger charge is -2.04. The van der Waals surface area contributed by atoms with Crippen LogP contribution < -0.4 is 10.1 Å². The van der Waals surface area contributed by atoms with Crippen molar-refractivity contribution in [1.29, 1.82) is 0 Å². The van der Waals surface area contributed by atoms with Crippen molar-refractivity contribution in [3.05, 3.63) is 64.5 Å². The van der Waals surface area contributed by atoms with Gasteiger partial charge in [-0.15, -0.1) is 11.3 Å². The Balaban J connectivity index is 1.55. The molecule has 0 radical (unpaired) electrons. The Hall–Kier alpha value is -2.37. The maximum atomic E-state index is 12.1. The molecule has 0 saturated heterocycles. The number of aromatic nitrogens is 1. The van der Waals surface area contributed by atoms with Gasteiger partial charge >= 0.3 is 0 Å². The molecule has 1 amide bonds. The topological polar surface area (TPSA) is 51.2 Å². The van der Waals surface area contributed by atoms with Crippen LogP contribution in [0.2, 0.25) is 5.02 Å². The largest absolute Gasteiger partial charge is 0.497 e. The molecule has 6 heteroatoms. The summed E-state index contributed by atoms with van der Waals surface area (Å²) in [5.41, 5.74) is 2.89. The van der Waals surface area contributed by atoms with E-state index < -0.39 is 0 Å². The lowest BCUT2D eigenvalue weighted by atomic mass is 10.1. The summed E-state index contributed by atoms with van der Waals surface area (Å²) in [5.74, 6) is 0.763. The average molecular weight is 373 g/mol. The highest BCUT2D eigenvalue weighted by atomic mass is 35.5. The summed E-state index contributed by atoms with van der Waals surface area (Å²) in [6, 6.07) is 15.2. The smallest absolute Gasteiger partial charge is 0.226 e. The number of nitrogens with zero attached hydrogens (tertiary/aromatic N) is 1. The molecule has 0 unspecified atom stereocenters. The summed E-state index contributed by atoms with van der Waals surface area (Å²) in [5, 5.41) is 6.06. The number of ether oxygens (including phenoxy) is 1. The molecule has 3 rings (SSSR count). The zero-order chi connectivity index (χ0) is 17.6. The van der Waals surface area contributed by atoms with E-state index in [1.807, 2.05) is 53.9 Å². The summed E-state index contributed by atoms with van der Waals surface area (Å²) in [6.07, 6.45) is 1.08. The third-order valence-corrected chi connectivity index (χ3v) is 4.70. The predicted molar refractivity (Wildman–Crippen MR) is 103 cm³/mol. The van der Waals surface area contributed by atoms with Gasteiger partial charge in [-0.1, -0.05) is 35.9 Å². The number of benzene rings is 2. The highest BCUT2D eigenvalue weighted by molar-refractivity contribution is 7.14. The summed E-state index contributed by atoms with van der Waals surface area (Å²) in [7, 11) is 1.63. The average Bonchev–Trinajstić information content (AvgIpc) is 3.09. The first kappa shape index (κ1) is 17.5. The van der Waals surface area contributed by atoms with Crippen molar-refractivity contribution in [2.24, 2.45) is 0 Å². The van der Waals surface area contributed by atoms with Gasteiger partial charge in [-0.2, -0.15) is 0 Å². The first-order valence-electron chi connectivity index (χ1n) is 7.78. The molecule has 0 aliphatic heterocycles. The number of methoxy groups -OCH3 is 1. The maximum absolute atomic E-state index is 12.1. The van der Waals surface area contributed by atoms with E-state index in [1.54, 1.807) is 7.11 Å². The molecule has 0 spiro atoms.